The van der Waals surface area contributed by atoms with Crippen molar-refractivity contribution in [3.63, 3.8) is 0 Å². The average Bonchev–Trinajstić information content (AvgIpc) is 3.61. The number of methoxy groups -OCH3 is 2. The maximum absolute atomic E-state index is 12.4. The van der Waals surface area contributed by atoms with Gasteiger partial charge in [0.2, 0.25) is 11.8 Å². The van der Waals surface area contributed by atoms with Crippen molar-refractivity contribution in [2.75, 3.05) is 27.4 Å². The van der Waals surface area contributed by atoms with Gasteiger partial charge in [-0.3, -0.25) is 19.2 Å². The van der Waals surface area contributed by atoms with Gasteiger partial charge in [-0.1, -0.05) is 23.2 Å². The van der Waals surface area contributed by atoms with Gasteiger partial charge in [0, 0.05) is 45.4 Å². The van der Waals surface area contributed by atoms with Gasteiger partial charge in [-0.15, -0.1) is 0 Å². The predicted octanol–water partition coefficient (Wildman–Crippen LogP) is 4.27. The molecule has 0 spiro atoms. The highest BCUT2D eigenvalue weighted by atomic mass is 35.5. The van der Waals surface area contributed by atoms with Crippen molar-refractivity contribution >= 4 is 47.0 Å². The van der Waals surface area contributed by atoms with Crippen LogP contribution in [0, 0.1) is 0 Å². The van der Waals surface area contributed by atoms with Gasteiger partial charge >= 0.3 is 11.9 Å². The molecule has 2 aromatic carbocycles. The van der Waals surface area contributed by atoms with E-state index in [1.165, 1.54) is 14.2 Å². The van der Waals surface area contributed by atoms with E-state index in [4.69, 9.17) is 52.4 Å². The summed E-state index contributed by atoms with van der Waals surface area (Å²) < 4.78 is 22.9. The van der Waals surface area contributed by atoms with Crippen LogP contribution in [-0.2, 0) is 45.4 Å². The van der Waals surface area contributed by atoms with Gasteiger partial charge in [0.25, 0.3) is 0 Å². The lowest BCUT2D eigenvalue weighted by molar-refractivity contribution is -0.141. The Hall–Kier alpha value is -3.90. The van der Waals surface area contributed by atoms with Crippen LogP contribution in [0.1, 0.15) is 54.4 Å². The number of halogens is 2. The van der Waals surface area contributed by atoms with E-state index in [2.05, 4.69) is 0 Å². The zero-order chi connectivity index (χ0) is 31.3. The lowest BCUT2D eigenvalue weighted by Gasteiger charge is -2.17. The highest BCUT2D eigenvalue weighted by Gasteiger charge is 2.31. The summed E-state index contributed by atoms with van der Waals surface area (Å²) in [5.41, 5.74) is 3.06. The molecule has 232 valence electrons. The Morgan fingerprint density at radius 3 is 1.44 bits per heavy atom. The van der Waals surface area contributed by atoms with Crippen LogP contribution in [0.2, 0.25) is 10.0 Å². The number of carbonyl (C=O) groups excluding carboxylic acids is 2. The highest BCUT2D eigenvalue weighted by molar-refractivity contribution is 6.33. The number of hydrogen-bond acceptors (Lipinski definition) is 8. The van der Waals surface area contributed by atoms with Crippen LogP contribution >= 0.6 is 23.2 Å². The highest BCUT2D eigenvalue weighted by Crippen LogP contribution is 2.45. The van der Waals surface area contributed by atoms with E-state index in [0.717, 1.165) is 22.3 Å². The molecule has 0 radical (unpaired) electrons. The van der Waals surface area contributed by atoms with E-state index in [1.807, 2.05) is 0 Å². The summed E-state index contributed by atoms with van der Waals surface area (Å²) in [6.45, 7) is 1.52. The number of nitrogens with zero attached hydrogens (tertiary/aromatic N) is 2. The number of hydrogen-bond donors (Lipinski definition) is 2. The number of aliphatic carboxylic acids is 2. The maximum atomic E-state index is 12.4. The normalized spacial score (nSPS) is 13.4. The molecule has 2 amide bonds. The number of carboxylic acid groups (broad SMARTS) is 2. The van der Waals surface area contributed by atoms with Gasteiger partial charge in [-0.05, 0) is 34.4 Å². The molecule has 2 aliphatic heterocycles. The van der Waals surface area contributed by atoms with Crippen molar-refractivity contribution in [1.29, 1.82) is 0 Å². The smallest absolute Gasteiger partial charge is 0.303 e. The fraction of sp³-hybridized carbons (Fsp3) is 0.448. The van der Waals surface area contributed by atoms with Crippen LogP contribution in [0.15, 0.2) is 12.1 Å². The van der Waals surface area contributed by atoms with Crippen LogP contribution in [0.4, 0.5) is 0 Å². The molecule has 0 saturated heterocycles. The van der Waals surface area contributed by atoms with Crippen LogP contribution < -0.4 is 18.9 Å². The number of carboxylic acids is 2. The fourth-order valence-electron chi connectivity index (χ4n) is 5.00. The van der Waals surface area contributed by atoms with Crippen molar-refractivity contribution in [1.82, 2.24) is 9.80 Å². The molecule has 0 aromatic heterocycles. The number of fused-ring (bicyclic) bond motifs is 2. The van der Waals surface area contributed by atoms with Gasteiger partial charge < -0.3 is 39.0 Å². The van der Waals surface area contributed by atoms with Crippen molar-refractivity contribution < 1.29 is 48.3 Å². The Kier molecular flexibility index (Phi) is 10.5. The summed E-state index contributed by atoms with van der Waals surface area (Å²) in [5, 5.41) is 18.4. The lowest BCUT2D eigenvalue weighted by Crippen LogP contribution is -2.25. The minimum atomic E-state index is -1.03. The SMILES string of the molecule is COc1cc2c(c(Cl)c1OCCCOc1c(OC)cc3c(c1Cl)CN(C(=O)CCC(=O)O)C3)CN(C(=O)CCC(=O)O)C2. The van der Waals surface area contributed by atoms with E-state index in [9.17, 15) is 19.2 Å². The number of rotatable bonds is 14. The summed E-state index contributed by atoms with van der Waals surface area (Å²) in [6, 6.07) is 3.53. The molecular weight excluding hydrogens is 607 g/mol. The van der Waals surface area contributed by atoms with Crippen molar-refractivity contribution in [2.24, 2.45) is 0 Å². The average molecular weight is 639 g/mol. The van der Waals surface area contributed by atoms with Crippen molar-refractivity contribution in [3.05, 3.63) is 44.4 Å². The molecule has 2 N–H and O–H groups in total. The van der Waals surface area contributed by atoms with Crippen LogP contribution in [-0.4, -0.2) is 71.2 Å². The largest absolute Gasteiger partial charge is 0.493 e. The summed E-state index contributed by atoms with van der Waals surface area (Å²) in [7, 11) is 2.98. The summed E-state index contributed by atoms with van der Waals surface area (Å²) in [4.78, 5) is 49.7. The predicted molar refractivity (Wildman–Crippen MR) is 154 cm³/mol. The summed E-state index contributed by atoms with van der Waals surface area (Å²) >= 11 is 13.3. The second kappa shape index (κ2) is 14.0. The first-order chi connectivity index (χ1) is 20.5. The van der Waals surface area contributed by atoms with Crippen LogP contribution in [0.5, 0.6) is 23.0 Å². The quantitative estimate of drug-likeness (QED) is 0.287. The number of ether oxygens (including phenoxy) is 4. The van der Waals surface area contributed by atoms with Gasteiger partial charge in [0.1, 0.15) is 0 Å². The Balaban J connectivity index is 1.35. The Labute approximate surface area is 257 Å². The van der Waals surface area contributed by atoms with E-state index < -0.39 is 11.9 Å². The zero-order valence-electron chi connectivity index (χ0n) is 23.7. The molecule has 0 atom stereocenters. The summed E-state index contributed by atoms with van der Waals surface area (Å²) in [5.74, 6) is -1.11. The molecule has 2 aromatic rings. The molecule has 14 heteroatoms. The minimum absolute atomic E-state index is 0.0936. The Morgan fingerprint density at radius 1 is 0.698 bits per heavy atom. The Morgan fingerprint density at radius 2 is 1.09 bits per heavy atom. The molecule has 12 nitrogen and oxygen atoms in total. The fourth-order valence-corrected chi connectivity index (χ4v) is 5.66. The van der Waals surface area contributed by atoms with Gasteiger partial charge in [-0.25, -0.2) is 0 Å². The van der Waals surface area contributed by atoms with Gasteiger partial charge in [-0.2, -0.15) is 0 Å². The molecule has 0 unspecified atom stereocenters. The summed E-state index contributed by atoms with van der Waals surface area (Å²) in [6.07, 6.45) is -0.233. The first-order valence-corrected chi connectivity index (χ1v) is 14.3. The third kappa shape index (κ3) is 7.37. The lowest BCUT2D eigenvalue weighted by atomic mass is 10.1. The number of carbonyl (C=O) groups is 4. The maximum Gasteiger partial charge on any atom is 0.303 e. The van der Waals surface area contributed by atoms with E-state index >= 15 is 0 Å². The van der Waals surface area contributed by atoms with Crippen molar-refractivity contribution in [2.45, 2.75) is 58.3 Å². The van der Waals surface area contributed by atoms with E-state index in [1.54, 1.807) is 21.9 Å². The first kappa shape index (κ1) is 32.0. The van der Waals surface area contributed by atoms with E-state index in [-0.39, 0.29) is 63.8 Å². The molecule has 2 aliphatic rings. The minimum Gasteiger partial charge on any atom is -0.493 e. The molecule has 0 fully saturated rings. The van der Waals surface area contributed by atoms with E-state index in [0.29, 0.717) is 52.6 Å². The second-order valence-electron chi connectivity index (χ2n) is 10.1. The van der Waals surface area contributed by atoms with Crippen LogP contribution in [0.25, 0.3) is 0 Å². The molecule has 43 heavy (non-hydrogen) atoms. The van der Waals surface area contributed by atoms with Crippen molar-refractivity contribution in [3.8, 4) is 23.0 Å². The van der Waals surface area contributed by atoms with Gasteiger partial charge in [0.15, 0.2) is 23.0 Å². The zero-order valence-corrected chi connectivity index (χ0v) is 25.3. The number of amides is 2. The van der Waals surface area contributed by atoms with Gasteiger partial charge in [0.05, 0.1) is 50.3 Å². The number of benzene rings is 2. The monoisotopic (exact) mass is 638 g/mol. The topological polar surface area (TPSA) is 152 Å². The molecule has 0 bridgehead atoms. The first-order valence-electron chi connectivity index (χ1n) is 13.5. The molecule has 0 aliphatic carbocycles. The standard InChI is InChI=1S/C29H32Cl2N2O10/c1-40-20-10-16-12-32(22(34)4-6-24(36)37)14-18(16)26(30)28(20)42-8-3-9-43-29-21(41-2)11-17-13-33(15-19(17)27(29)31)23(35)5-7-25(38)39/h10-11H,3-9,12-15H2,1-2H3,(H,36,37)(H,38,39). The molecule has 4 rings (SSSR count). The third-order valence-corrected chi connectivity index (χ3v) is 8.01. The molecule has 0 saturated carbocycles. The molecular formula is C29H32Cl2N2O10. The van der Waals surface area contributed by atoms with Crippen LogP contribution in [0.3, 0.4) is 0 Å². The third-order valence-electron chi connectivity index (χ3n) is 7.21. The Bertz CT molecular complexity index is 1330. The second-order valence-corrected chi connectivity index (χ2v) is 10.8. The molecule has 2 heterocycles.